The Morgan fingerprint density at radius 1 is 0.700 bits per heavy atom. The number of nitrogens with two attached hydrogens (primary N) is 1. The molecule has 0 spiro atoms. The van der Waals surface area contributed by atoms with Gasteiger partial charge in [0.2, 0.25) is 41.4 Å². The van der Waals surface area contributed by atoms with Crippen LogP contribution in [0.25, 0.3) is 0 Å². The number of primary amides is 1. The molecule has 1 aliphatic heterocycles. The molecule has 1 fully saturated rings. The van der Waals surface area contributed by atoms with Crippen molar-refractivity contribution < 1.29 is 33.6 Å². The second-order valence-electron chi connectivity index (χ2n) is 12.4. The average molecular weight is 693 g/mol. The summed E-state index contributed by atoms with van der Waals surface area (Å²) in [6.45, 7) is 5.73. The van der Waals surface area contributed by atoms with Crippen LogP contribution in [0.4, 0.5) is 0 Å². The van der Waals surface area contributed by atoms with E-state index in [4.69, 9.17) is 5.73 Å². The van der Waals surface area contributed by atoms with Crippen molar-refractivity contribution >= 4 is 41.4 Å². The fourth-order valence-electron chi connectivity index (χ4n) is 5.33. The third-order valence-corrected chi connectivity index (χ3v) is 8.26. The summed E-state index contributed by atoms with van der Waals surface area (Å²) in [4.78, 5) is 92.7. The van der Waals surface area contributed by atoms with Gasteiger partial charge in [0.05, 0.1) is 6.04 Å². The van der Waals surface area contributed by atoms with Gasteiger partial charge >= 0.3 is 0 Å². The zero-order valence-electron chi connectivity index (χ0n) is 28.9. The maximum absolute atomic E-state index is 13.8. The highest BCUT2D eigenvalue weighted by Gasteiger charge is 2.33. The molecule has 2 aromatic rings. The van der Waals surface area contributed by atoms with Crippen molar-refractivity contribution in [3.63, 3.8) is 0 Å². The lowest BCUT2D eigenvalue weighted by atomic mass is 10.0. The summed E-state index contributed by atoms with van der Waals surface area (Å²) in [5, 5.41) is 16.1. The Morgan fingerprint density at radius 3 is 1.70 bits per heavy atom. The molecule has 6 atom stereocenters. The van der Waals surface area contributed by atoms with Crippen LogP contribution in [0.1, 0.15) is 45.2 Å². The molecule has 0 aliphatic carbocycles. The van der Waals surface area contributed by atoms with Crippen LogP contribution in [0.5, 0.6) is 0 Å². The molecule has 1 saturated heterocycles. The van der Waals surface area contributed by atoms with Crippen LogP contribution in [-0.2, 0) is 46.4 Å². The van der Waals surface area contributed by atoms with E-state index in [-0.39, 0.29) is 44.8 Å². The zero-order valence-corrected chi connectivity index (χ0v) is 28.9. The van der Waals surface area contributed by atoms with Gasteiger partial charge in [-0.25, -0.2) is 0 Å². The molecule has 0 aromatic heterocycles. The van der Waals surface area contributed by atoms with Crippen LogP contribution in [-0.4, -0.2) is 102 Å². The van der Waals surface area contributed by atoms with Crippen LogP contribution in [0.15, 0.2) is 60.7 Å². The highest BCUT2D eigenvalue weighted by molar-refractivity contribution is 5.96. The van der Waals surface area contributed by atoms with Crippen LogP contribution < -0.4 is 37.6 Å². The van der Waals surface area contributed by atoms with Crippen molar-refractivity contribution in [1.82, 2.24) is 36.8 Å². The largest absolute Gasteiger partial charge is 0.368 e. The Balaban J connectivity index is 1.86. The van der Waals surface area contributed by atoms with Gasteiger partial charge in [0.25, 0.3) is 0 Å². The smallest absolute Gasteiger partial charge is 0.245 e. The summed E-state index contributed by atoms with van der Waals surface area (Å²) < 4.78 is 0. The number of carbonyl (C=O) groups is 7. The lowest BCUT2D eigenvalue weighted by molar-refractivity contribution is -0.142. The maximum Gasteiger partial charge on any atom is 0.245 e. The number of nitrogens with zero attached hydrogens (tertiary/aromatic N) is 1. The van der Waals surface area contributed by atoms with E-state index in [1.165, 1.54) is 32.6 Å². The molecule has 1 aliphatic rings. The van der Waals surface area contributed by atoms with Crippen LogP contribution >= 0.6 is 0 Å². The molecule has 50 heavy (non-hydrogen) atoms. The van der Waals surface area contributed by atoms with Gasteiger partial charge in [-0.15, -0.1) is 0 Å². The number of amides is 7. The molecule has 15 heteroatoms. The molecular formula is C35H48N8O7. The quantitative estimate of drug-likeness (QED) is 0.191. The van der Waals surface area contributed by atoms with E-state index in [0.717, 1.165) is 11.1 Å². The van der Waals surface area contributed by atoms with Crippen molar-refractivity contribution in [2.45, 2.75) is 83.2 Å². The van der Waals surface area contributed by atoms with Gasteiger partial charge in [-0.3, -0.25) is 33.6 Å². The van der Waals surface area contributed by atoms with Crippen molar-refractivity contribution in [3.05, 3.63) is 71.8 Å². The van der Waals surface area contributed by atoms with Gasteiger partial charge in [-0.2, -0.15) is 0 Å². The predicted octanol–water partition coefficient (Wildman–Crippen LogP) is -1.35. The molecule has 1 heterocycles. The number of hydrogen-bond acceptors (Lipinski definition) is 8. The van der Waals surface area contributed by atoms with Crippen LogP contribution in [0.3, 0.4) is 0 Å². The number of carbonyl (C=O) groups excluding carboxylic acids is 7. The lowest BCUT2D eigenvalue weighted by Gasteiger charge is -2.32. The fourth-order valence-corrected chi connectivity index (χ4v) is 5.33. The average Bonchev–Trinajstić information content (AvgIpc) is 3.08. The summed E-state index contributed by atoms with van der Waals surface area (Å²) in [6.07, 6.45) is 0.343. The second kappa shape index (κ2) is 19.0. The Bertz CT molecular complexity index is 1510. The highest BCUT2D eigenvalue weighted by atomic mass is 16.2. The van der Waals surface area contributed by atoms with Crippen LogP contribution in [0, 0.1) is 0 Å². The first kappa shape index (κ1) is 39.1. The van der Waals surface area contributed by atoms with Gasteiger partial charge in [-0.05, 0) is 45.2 Å². The molecule has 3 rings (SSSR count). The molecule has 0 radical (unpaired) electrons. The number of nitrogens with one attached hydrogen (secondary N) is 6. The van der Waals surface area contributed by atoms with Gasteiger partial charge in [-0.1, -0.05) is 60.7 Å². The van der Waals surface area contributed by atoms with E-state index in [0.29, 0.717) is 0 Å². The summed E-state index contributed by atoms with van der Waals surface area (Å²) in [5.74, 6) is -4.25. The molecule has 2 aromatic carbocycles. The van der Waals surface area contributed by atoms with Gasteiger partial charge in [0, 0.05) is 32.5 Å². The number of rotatable bonds is 6. The standard InChI is InChI=1S/C35H48N8O7/c1-21-31(46)40-22(2)33(48)42-24(4)35(50)43(28(30(36)45)20-26-13-9-6-10-14-26)18-17-38-29(44)15-16-37-27(19-25-11-7-5-8-12-25)34(49)41-23(3)32(47)39-21/h5-14,21-24,27-28,37H,15-20H2,1-4H3,(H2,36,45)(H,38,44)(H,39,47)(H,40,46)(H,41,49)(H,42,48)/t21-,22-,23-,24-,27-,28-/m0/s1. The molecule has 0 unspecified atom stereocenters. The van der Waals surface area contributed by atoms with E-state index in [1.54, 1.807) is 24.3 Å². The lowest BCUT2D eigenvalue weighted by Crippen LogP contribution is -2.59. The number of hydrogen-bond donors (Lipinski definition) is 7. The Kier molecular flexibility index (Phi) is 14.9. The molecule has 0 bridgehead atoms. The van der Waals surface area contributed by atoms with E-state index >= 15 is 0 Å². The normalized spacial score (nSPS) is 24.6. The molecule has 8 N–H and O–H groups in total. The van der Waals surface area contributed by atoms with Gasteiger partial charge in [0.1, 0.15) is 30.2 Å². The molecule has 270 valence electrons. The molecular weight excluding hydrogens is 644 g/mol. The third-order valence-electron chi connectivity index (χ3n) is 8.26. The van der Waals surface area contributed by atoms with Crippen molar-refractivity contribution in [1.29, 1.82) is 0 Å². The van der Waals surface area contributed by atoms with E-state index < -0.39 is 71.7 Å². The first-order valence-corrected chi connectivity index (χ1v) is 16.7. The molecule has 7 amide bonds. The molecule has 15 nitrogen and oxygen atoms in total. The zero-order chi connectivity index (χ0) is 36.8. The Hall–Kier alpha value is -5.31. The van der Waals surface area contributed by atoms with Crippen molar-refractivity contribution in [2.75, 3.05) is 19.6 Å². The maximum atomic E-state index is 13.8. The second-order valence-corrected chi connectivity index (χ2v) is 12.4. The predicted molar refractivity (Wildman–Crippen MR) is 185 cm³/mol. The van der Waals surface area contributed by atoms with Crippen molar-refractivity contribution in [3.8, 4) is 0 Å². The van der Waals surface area contributed by atoms with E-state index in [1.807, 2.05) is 36.4 Å². The first-order chi connectivity index (χ1) is 23.8. The Morgan fingerprint density at radius 2 is 1.18 bits per heavy atom. The number of benzene rings is 2. The minimum Gasteiger partial charge on any atom is -0.368 e. The summed E-state index contributed by atoms with van der Waals surface area (Å²) in [6, 6.07) is 11.9. The third kappa shape index (κ3) is 12.0. The van der Waals surface area contributed by atoms with Crippen molar-refractivity contribution in [2.24, 2.45) is 5.73 Å². The van der Waals surface area contributed by atoms with E-state index in [2.05, 4.69) is 31.9 Å². The minimum absolute atomic E-state index is 0.0250. The first-order valence-electron chi connectivity index (χ1n) is 16.7. The van der Waals surface area contributed by atoms with Gasteiger partial charge in [0.15, 0.2) is 0 Å². The fraction of sp³-hybridized carbons (Fsp3) is 0.457. The molecule has 0 saturated carbocycles. The van der Waals surface area contributed by atoms with Gasteiger partial charge < -0.3 is 42.5 Å². The summed E-state index contributed by atoms with van der Waals surface area (Å²) in [5.41, 5.74) is 7.38. The highest BCUT2D eigenvalue weighted by Crippen LogP contribution is 2.12. The SMILES string of the molecule is C[C@@H]1NC(=O)[C@H](C)NC(=O)[C@H](Cc2ccccc2)NCCC(=O)NCCN([C@@H](Cc2ccccc2)C(N)=O)C(=O)[C@H](C)NC(=O)[C@H](C)NC1=O. The van der Waals surface area contributed by atoms with E-state index in [9.17, 15) is 33.6 Å². The monoisotopic (exact) mass is 692 g/mol. The Labute approximate surface area is 291 Å². The summed E-state index contributed by atoms with van der Waals surface area (Å²) in [7, 11) is 0. The summed E-state index contributed by atoms with van der Waals surface area (Å²) >= 11 is 0. The topological polar surface area (TPSA) is 221 Å². The van der Waals surface area contributed by atoms with Crippen LogP contribution in [0.2, 0.25) is 0 Å². The minimum atomic E-state index is -1.14.